The molecule has 6 nitrogen and oxygen atoms in total. The number of hydrogen-bond donors (Lipinski definition) is 1. The van der Waals surface area contributed by atoms with Crippen molar-refractivity contribution in [3.8, 4) is 11.3 Å². The fourth-order valence-electron chi connectivity index (χ4n) is 2.99. The molecule has 0 aliphatic carbocycles. The summed E-state index contributed by atoms with van der Waals surface area (Å²) in [5.41, 5.74) is 4.75. The minimum Gasteiger partial charge on any atom is -0.345 e. The van der Waals surface area contributed by atoms with Gasteiger partial charge in [-0.15, -0.1) is 0 Å². The summed E-state index contributed by atoms with van der Waals surface area (Å²) in [6.45, 7) is 6.35. The Hall–Kier alpha value is -2.76. The summed E-state index contributed by atoms with van der Waals surface area (Å²) in [5.74, 6) is 1.01. The number of nitrogens with one attached hydrogen (secondary N) is 1. The maximum absolute atomic E-state index is 4.59. The second-order valence-corrected chi connectivity index (χ2v) is 5.67. The molecular formula is C16H16N6. The van der Waals surface area contributed by atoms with Crippen LogP contribution in [0.1, 0.15) is 25.7 Å². The number of hydrogen-bond acceptors (Lipinski definition) is 4. The SMILES string of the molecule is Cc1nc2cnc(-c3c[nH]c4ncncc34)cc2n1C(C)C. The molecule has 0 fully saturated rings. The molecule has 6 heteroatoms. The summed E-state index contributed by atoms with van der Waals surface area (Å²) in [5, 5.41) is 0.974. The van der Waals surface area contributed by atoms with E-state index in [2.05, 4.69) is 49.4 Å². The summed E-state index contributed by atoms with van der Waals surface area (Å²) >= 11 is 0. The molecule has 22 heavy (non-hydrogen) atoms. The molecule has 0 bridgehead atoms. The normalized spacial score (nSPS) is 11.8. The molecule has 0 unspecified atom stereocenters. The van der Waals surface area contributed by atoms with Gasteiger partial charge in [-0.3, -0.25) is 4.98 Å². The lowest BCUT2D eigenvalue weighted by Gasteiger charge is -2.11. The van der Waals surface area contributed by atoms with Crippen LogP contribution in [-0.4, -0.2) is 29.5 Å². The number of rotatable bonds is 2. The highest BCUT2D eigenvalue weighted by atomic mass is 15.1. The average Bonchev–Trinajstić information content (AvgIpc) is 3.06. The summed E-state index contributed by atoms with van der Waals surface area (Å²) < 4.78 is 2.23. The monoisotopic (exact) mass is 292 g/mol. The molecule has 4 heterocycles. The Balaban J connectivity index is 1.98. The Kier molecular flexibility index (Phi) is 2.72. The van der Waals surface area contributed by atoms with Crippen molar-refractivity contribution in [1.82, 2.24) is 29.5 Å². The molecule has 4 aromatic heterocycles. The smallest absolute Gasteiger partial charge is 0.141 e. The largest absolute Gasteiger partial charge is 0.345 e. The van der Waals surface area contributed by atoms with E-state index in [1.54, 1.807) is 0 Å². The van der Waals surface area contributed by atoms with Crippen LogP contribution >= 0.6 is 0 Å². The van der Waals surface area contributed by atoms with Gasteiger partial charge >= 0.3 is 0 Å². The summed E-state index contributed by atoms with van der Waals surface area (Å²) in [4.78, 5) is 20.6. The Morgan fingerprint density at radius 3 is 2.86 bits per heavy atom. The Morgan fingerprint density at radius 1 is 1.18 bits per heavy atom. The van der Waals surface area contributed by atoms with E-state index >= 15 is 0 Å². The molecule has 110 valence electrons. The van der Waals surface area contributed by atoms with Gasteiger partial charge in [0.15, 0.2) is 0 Å². The van der Waals surface area contributed by atoms with Gasteiger partial charge in [-0.2, -0.15) is 0 Å². The molecule has 0 aliphatic rings. The first-order valence-corrected chi connectivity index (χ1v) is 7.27. The highest BCUT2D eigenvalue weighted by Gasteiger charge is 2.14. The van der Waals surface area contributed by atoms with E-state index in [0.717, 1.165) is 39.1 Å². The highest BCUT2D eigenvalue weighted by Crippen LogP contribution is 2.29. The van der Waals surface area contributed by atoms with Crippen LogP contribution in [0.15, 0.2) is 31.0 Å². The van der Waals surface area contributed by atoms with Crippen LogP contribution < -0.4 is 0 Å². The van der Waals surface area contributed by atoms with Crippen molar-refractivity contribution in [3.63, 3.8) is 0 Å². The zero-order valence-corrected chi connectivity index (χ0v) is 12.7. The van der Waals surface area contributed by atoms with Crippen LogP contribution in [0.3, 0.4) is 0 Å². The average molecular weight is 292 g/mol. The van der Waals surface area contributed by atoms with Crippen molar-refractivity contribution in [1.29, 1.82) is 0 Å². The van der Waals surface area contributed by atoms with Gasteiger partial charge in [-0.05, 0) is 26.8 Å². The zero-order valence-electron chi connectivity index (χ0n) is 12.7. The number of nitrogens with zero attached hydrogens (tertiary/aromatic N) is 5. The fourth-order valence-corrected chi connectivity index (χ4v) is 2.99. The lowest BCUT2D eigenvalue weighted by molar-refractivity contribution is 0.600. The number of fused-ring (bicyclic) bond motifs is 2. The van der Waals surface area contributed by atoms with Gasteiger partial charge in [0.05, 0.1) is 17.4 Å². The summed E-state index contributed by atoms with van der Waals surface area (Å²) in [6.07, 6.45) is 7.11. The van der Waals surface area contributed by atoms with Gasteiger partial charge < -0.3 is 9.55 Å². The fraction of sp³-hybridized carbons (Fsp3) is 0.250. The molecule has 0 aromatic carbocycles. The van der Waals surface area contributed by atoms with Gasteiger partial charge in [-0.1, -0.05) is 0 Å². The van der Waals surface area contributed by atoms with Crippen molar-refractivity contribution in [2.45, 2.75) is 26.8 Å². The van der Waals surface area contributed by atoms with Crippen molar-refractivity contribution in [2.75, 3.05) is 0 Å². The van der Waals surface area contributed by atoms with Crippen LogP contribution in [0.4, 0.5) is 0 Å². The first-order chi connectivity index (χ1) is 10.6. The molecule has 0 amide bonds. The van der Waals surface area contributed by atoms with Crippen LogP contribution in [0, 0.1) is 6.92 Å². The van der Waals surface area contributed by atoms with Gasteiger partial charge in [0.25, 0.3) is 0 Å². The maximum Gasteiger partial charge on any atom is 0.141 e. The number of aromatic nitrogens is 6. The predicted octanol–water partition coefficient (Wildman–Crippen LogP) is 3.26. The molecule has 0 aliphatic heterocycles. The Morgan fingerprint density at radius 2 is 2.05 bits per heavy atom. The van der Waals surface area contributed by atoms with E-state index in [0.29, 0.717) is 6.04 Å². The molecule has 0 saturated heterocycles. The second kappa shape index (κ2) is 4.62. The van der Waals surface area contributed by atoms with E-state index < -0.39 is 0 Å². The van der Waals surface area contributed by atoms with Crippen LogP contribution in [-0.2, 0) is 0 Å². The van der Waals surface area contributed by atoms with Gasteiger partial charge in [0, 0.05) is 29.4 Å². The third-order valence-electron chi connectivity index (χ3n) is 3.90. The van der Waals surface area contributed by atoms with Crippen molar-refractivity contribution < 1.29 is 0 Å². The minimum atomic E-state index is 0.353. The zero-order chi connectivity index (χ0) is 15.3. The van der Waals surface area contributed by atoms with Gasteiger partial charge in [-0.25, -0.2) is 15.0 Å². The number of aromatic amines is 1. The minimum absolute atomic E-state index is 0.353. The maximum atomic E-state index is 4.59. The molecule has 0 radical (unpaired) electrons. The molecule has 4 rings (SSSR count). The van der Waals surface area contributed by atoms with E-state index in [1.165, 1.54) is 6.33 Å². The lowest BCUT2D eigenvalue weighted by Crippen LogP contribution is -2.02. The third-order valence-corrected chi connectivity index (χ3v) is 3.90. The first-order valence-electron chi connectivity index (χ1n) is 7.27. The van der Waals surface area contributed by atoms with Gasteiger partial charge in [0.2, 0.25) is 0 Å². The van der Waals surface area contributed by atoms with E-state index in [4.69, 9.17) is 0 Å². The van der Waals surface area contributed by atoms with Crippen LogP contribution in [0.5, 0.6) is 0 Å². The predicted molar refractivity (Wildman–Crippen MR) is 85.5 cm³/mol. The first kappa shape index (κ1) is 12.9. The van der Waals surface area contributed by atoms with Crippen LogP contribution in [0.2, 0.25) is 0 Å². The van der Waals surface area contributed by atoms with Crippen molar-refractivity contribution in [3.05, 3.63) is 36.8 Å². The molecular weight excluding hydrogens is 276 g/mol. The highest BCUT2D eigenvalue weighted by molar-refractivity contribution is 5.93. The number of H-pyrrole nitrogens is 1. The van der Waals surface area contributed by atoms with E-state index in [9.17, 15) is 0 Å². The van der Waals surface area contributed by atoms with Crippen molar-refractivity contribution >= 4 is 22.1 Å². The third kappa shape index (κ3) is 1.80. The standard InChI is InChI=1S/C16H16N6/c1-9(2)22-10(3)21-14-7-18-13(4-15(14)22)11-6-19-16-12(11)5-17-8-20-16/h4-9H,1-3H3,(H,17,19,20). The quantitative estimate of drug-likeness (QED) is 0.615. The molecule has 4 aromatic rings. The molecule has 0 spiro atoms. The van der Waals surface area contributed by atoms with Crippen LogP contribution in [0.25, 0.3) is 33.3 Å². The summed E-state index contributed by atoms with van der Waals surface area (Å²) in [7, 11) is 0. The lowest BCUT2D eigenvalue weighted by atomic mass is 10.1. The Labute approximate surface area is 127 Å². The molecule has 0 saturated carbocycles. The number of pyridine rings is 1. The number of aryl methyl sites for hydroxylation is 1. The van der Waals surface area contributed by atoms with Gasteiger partial charge in [0.1, 0.15) is 23.3 Å². The van der Waals surface area contributed by atoms with E-state index in [1.807, 2.05) is 25.5 Å². The van der Waals surface area contributed by atoms with Crippen molar-refractivity contribution in [2.24, 2.45) is 0 Å². The topological polar surface area (TPSA) is 72.3 Å². The number of imidazole rings is 1. The second-order valence-electron chi connectivity index (χ2n) is 5.67. The molecule has 1 N–H and O–H groups in total. The molecule has 0 atom stereocenters. The van der Waals surface area contributed by atoms with E-state index in [-0.39, 0.29) is 0 Å². The summed E-state index contributed by atoms with van der Waals surface area (Å²) in [6, 6.07) is 2.44. The Bertz CT molecular complexity index is 979.